The highest BCUT2D eigenvalue weighted by Gasteiger charge is 2.30. The van der Waals surface area contributed by atoms with Crippen LogP contribution < -0.4 is 5.32 Å². The number of amides is 1. The van der Waals surface area contributed by atoms with Gasteiger partial charge in [0, 0.05) is 12.3 Å². The molecule has 6 nitrogen and oxygen atoms in total. The predicted octanol–water partition coefficient (Wildman–Crippen LogP) is 1.94. The zero-order valence-corrected chi connectivity index (χ0v) is 12.1. The van der Waals surface area contributed by atoms with Gasteiger partial charge in [0.25, 0.3) is 5.91 Å². The van der Waals surface area contributed by atoms with Gasteiger partial charge in [0.2, 0.25) is 0 Å². The maximum absolute atomic E-state index is 12.2. The van der Waals surface area contributed by atoms with Crippen LogP contribution in [0.5, 0.6) is 0 Å². The van der Waals surface area contributed by atoms with Crippen LogP contribution in [0, 0.1) is 12.8 Å². The average molecular weight is 286 g/mol. The molecule has 0 radical (unpaired) electrons. The van der Waals surface area contributed by atoms with Crippen LogP contribution >= 0.6 is 0 Å². The minimum absolute atomic E-state index is 0.0855. The van der Waals surface area contributed by atoms with Gasteiger partial charge in [-0.05, 0) is 37.5 Å². The number of benzene rings is 1. The van der Waals surface area contributed by atoms with Gasteiger partial charge in [-0.15, -0.1) is 10.2 Å². The Bertz CT molecular complexity index is 653. The lowest BCUT2D eigenvalue weighted by atomic mass is 10.0. The molecule has 1 N–H and O–H groups in total. The smallest absolute Gasteiger partial charge is 0.253 e. The Balaban J connectivity index is 1.77. The Labute approximate surface area is 123 Å². The predicted molar refractivity (Wildman–Crippen MR) is 78.2 cm³/mol. The Morgan fingerprint density at radius 3 is 3.00 bits per heavy atom. The molecule has 1 aromatic heterocycles. The molecule has 1 aliphatic heterocycles. The summed E-state index contributed by atoms with van der Waals surface area (Å²) in [4.78, 5) is 12.2. The van der Waals surface area contributed by atoms with E-state index in [2.05, 4.69) is 15.5 Å². The maximum atomic E-state index is 12.2. The number of hydrogen-bond acceptors (Lipinski definition) is 4. The summed E-state index contributed by atoms with van der Waals surface area (Å²) in [7, 11) is 0. The third-order valence-electron chi connectivity index (χ3n) is 3.76. The molecule has 0 saturated carbocycles. The zero-order chi connectivity index (χ0) is 14.8. The van der Waals surface area contributed by atoms with Crippen LogP contribution in [0.4, 0.5) is 5.69 Å². The van der Waals surface area contributed by atoms with Crippen molar-refractivity contribution in [1.82, 2.24) is 14.8 Å². The van der Waals surface area contributed by atoms with E-state index < -0.39 is 0 Å². The number of aromatic nitrogens is 3. The topological polar surface area (TPSA) is 69.0 Å². The van der Waals surface area contributed by atoms with Crippen molar-refractivity contribution in [2.45, 2.75) is 26.4 Å². The van der Waals surface area contributed by atoms with E-state index in [9.17, 15) is 4.79 Å². The summed E-state index contributed by atoms with van der Waals surface area (Å²) in [5, 5.41) is 10.7. The van der Waals surface area contributed by atoms with Crippen LogP contribution in [0.25, 0.3) is 5.69 Å². The molecule has 1 amide bonds. The van der Waals surface area contributed by atoms with Gasteiger partial charge in [-0.2, -0.15) is 0 Å². The fourth-order valence-corrected chi connectivity index (χ4v) is 2.52. The van der Waals surface area contributed by atoms with Crippen LogP contribution in [0.15, 0.2) is 30.6 Å². The highest BCUT2D eigenvalue weighted by molar-refractivity contribution is 5.94. The Morgan fingerprint density at radius 1 is 1.48 bits per heavy atom. The number of nitrogens with one attached hydrogen (secondary N) is 1. The van der Waals surface area contributed by atoms with Crippen molar-refractivity contribution in [3.05, 3.63) is 36.4 Å². The van der Waals surface area contributed by atoms with Crippen LogP contribution in [-0.4, -0.2) is 33.4 Å². The van der Waals surface area contributed by atoms with Crippen LogP contribution in [0.2, 0.25) is 0 Å². The van der Waals surface area contributed by atoms with Gasteiger partial charge in [-0.25, -0.2) is 0 Å². The highest BCUT2D eigenvalue weighted by Crippen LogP contribution is 2.22. The number of nitrogens with zero attached hydrogens (tertiary/aromatic N) is 3. The molecular formula is C15H18N4O2. The molecule has 0 unspecified atom stereocenters. The second kappa shape index (κ2) is 5.65. The summed E-state index contributed by atoms with van der Waals surface area (Å²) in [6.07, 6.45) is 2.22. The molecule has 1 aromatic carbocycles. The molecule has 110 valence electrons. The normalized spacial score (nSPS) is 21.4. The van der Waals surface area contributed by atoms with E-state index in [1.165, 1.54) is 0 Å². The number of ether oxygens (including phenoxy) is 1. The van der Waals surface area contributed by atoms with Crippen molar-refractivity contribution in [1.29, 1.82) is 0 Å². The number of aryl methyl sites for hydroxylation is 1. The SMILES string of the molecule is Cc1nncn1-c1cccc(NC(=O)[C@@H]2OCC[C@H]2C)c1. The molecule has 0 aliphatic carbocycles. The van der Waals surface area contributed by atoms with E-state index in [1.54, 1.807) is 6.33 Å². The van der Waals surface area contributed by atoms with Gasteiger partial charge in [0.05, 0.1) is 5.69 Å². The number of carbonyl (C=O) groups is 1. The van der Waals surface area contributed by atoms with Crippen molar-refractivity contribution >= 4 is 11.6 Å². The zero-order valence-electron chi connectivity index (χ0n) is 12.1. The molecule has 2 heterocycles. The first-order chi connectivity index (χ1) is 10.1. The average Bonchev–Trinajstić information content (AvgIpc) is 3.07. The monoisotopic (exact) mass is 286 g/mol. The molecule has 6 heteroatoms. The van der Waals surface area contributed by atoms with Gasteiger partial charge >= 0.3 is 0 Å². The lowest BCUT2D eigenvalue weighted by molar-refractivity contribution is -0.126. The van der Waals surface area contributed by atoms with Crippen molar-refractivity contribution in [3.63, 3.8) is 0 Å². The van der Waals surface area contributed by atoms with E-state index in [4.69, 9.17) is 4.74 Å². The van der Waals surface area contributed by atoms with Crippen molar-refractivity contribution in [2.75, 3.05) is 11.9 Å². The fraction of sp³-hybridized carbons (Fsp3) is 0.400. The van der Waals surface area contributed by atoms with Gasteiger partial charge in [0.1, 0.15) is 18.3 Å². The van der Waals surface area contributed by atoms with E-state index in [0.29, 0.717) is 6.61 Å². The molecule has 1 fully saturated rings. The highest BCUT2D eigenvalue weighted by atomic mass is 16.5. The lowest BCUT2D eigenvalue weighted by Gasteiger charge is -2.15. The molecule has 1 saturated heterocycles. The Morgan fingerprint density at radius 2 is 2.33 bits per heavy atom. The standard InChI is InChI=1S/C15H18N4O2/c1-10-6-7-21-14(10)15(20)17-12-4-3-5-13(8-12)19-9-16-18-11(19)2/h3-5,8-10,14H,6-7H2,1-2H3,(H,17,20)/t10-,14-/m1/s1. The summed E-state index contributed by atoms with van der Waals surface area (Å²) in [5.74, 6) is 0.970. The second-order valence-electron chi connectivity index (χ2n) is 5.35. The first kappa shape index (κ1) is 13.8. The molecule has 3 rings (SSSR count). The van der Waals surface area contributed by atoms with E-state index >= 15 is 0 Å². The third kappa shape index (κ3) is 2.80. The summed E-state index contributed by atoms with van der Waals surface area (Å²) in [5.41, 5.74) is 1.66. The summed E-state index contributed by atoms with van der Waals surface area (Å²) in [6, 6.07) is 7.60. The molecule has 2 aromatic rings. The van der Waals surface area contributed by atoms with E-state index in [0.717, 1.165) is 23.6 Å². The Hall–Kier alpha value is -2.21. The van der Waals surface area contributed by atoms with Crippen molar-refractivity contribution in [3.8, 4) is 5.69 Å². The molecular weight excluding hydrogens is 268 g/mol. The quantitative estimate of drug-likeness (QED) is 0.936. The Kier molecular flexibility index (Phi) is 3.70. The fourth-order valence-electron chi connectivity index (χ4n) is 2.52. The van der Waals surface area contributed by atoms with E-state index in [1.807, 2.05) is 42.7 Å². The minimum atomic E-state index is -0.356. The minimum Gasteiger partial charge on any atom is -0.368 e. The van der Waals surface area contributed by atoms with Crippen LogP contribution in [0.1, 0.15) is 19.2 Å². The van der Waals surface area contributed by atoms with Gasteiger partial charge in [0.15, 0.2) is 0 Å². The van der Waals surface area contributed by atoms with Gasteiger partial charge < -0.3 is 10.1 Å². The largest absolute Gasteiger partial charge is 0.368 e. The number of anilines is 1. The number of rotatable bonds is 3. The first-order valence-electron chi connectivity index (χ1n) is 7.04. The molecule has 1 aliphatic rings. The van der Waals surface area contributed by atoms with Crippen molar-refractivity contribution < 1.29 is 9.53 Å². The van der Waals surface area contributed by atoms with Gasteiger partial charge in [-0.1, -0.05) is 13.0 Å². The van der Waals surface area contributed by atoms with Crippen LogP contribution in [-0.2, 0) is 9.53 Å². The molecule has 21 heavy (non-hydrogen) atoms. The van der Waals surface area contributed by atoms with Crippen LogP contribution in [0.3, 0.4) is 0 Å². The summed E-state index contributed by atoms with van der Waals surface area (Å²) < 4.78 is 7.35. The number of carbonyl (C=O) groups excluding carboxylic acids is 1. The van der Waals surface area contributed by atoms with Gasteiger partial charge in [-0.3, -0.25) is 9.36 Å². The lowest BCUT2D eigenvalue weighted by Crippen LogP contribution is -2.31. The maximum Gasteiger partial charge on any atom is 0.253 e. The number of hydrogen-bond donors (Lipinski definition) is 1. The summed E-state index contributed by atoms with van der Waals surface area (Å²) >= 11 is 0. The third-order valence-corrected chi connectivity index (χ3v) is 3.76. The molecule has 0 bridgehead atoms. The summed E-state index contributed by atoms with van der Waals surface area (Å²) in [6.45, 7) is 4.57. The molecule has 0 spiro atoms. The van der Waals surface area contributed by atoms with Crippen molar-refractivity contribution in [2.24, 2.45) is 5.92 Å². The molecule has 2 atom stereocenters. The first-order valence-corrected chi connectivity index (χ1v) is 7.04. The second-order valence-corrected chi connectivity index (χ2v) is 5.35. The van der Waals surface area contributed by atoms with E-state index in [-0.39, 0.29) is 17.9 Å².